The van der Waals surface area contributed by atoms with E-state index in [1.54, 1.807) is 24.3 Å². The second kappa shape index (κ2) is 8.14. The van der Waals surface area contributed by atoms with Gasteiger partial charge in [-0.25, -0.2) is 9.59 Å². The zero-order chi connectivity index (χ0) is 18.3. The minimum absolute atomic E-state index is 0.0594. The molecule has 2 N–H and O–H groups in total. The van der Waals surface area contributed by atoms with Crippen molar-refractivity contribution in [3.8, 4) is 0 Å². The Labute approximate surface area is 141 Å². The van der Waals surface area contributed by atoms with E-state index in [1.807, 2.05) is 20.8 Å². The van der Waals surface area contributed by atoms with E-state index in [2.05, 4.69) is 20.1 Å². The van der Waals surface area contributed by atoms with Gasteiger partial charge in [-0.05, 0) is 24.3 Å². The predicted molar refractivity (Wildman–Crippen MR) is 90.3 cm³/mol. The molecule has 0 aliphatic heterocycles. The van der Waals surface area contributed by atoms with E-state index in [4.69, 9.17) is 0 Å². The van der Waals surface area contributed by atoms with E-state index in [0.29, 0.717) is 11.4 Å². The second-order valence-corrected chi connectivity index (χ2v) is 5.98. The molecule has 0 radical (unpaired) electrons. The Balaban J connectivity index is 2.88. The third kappa shape index (κ3) is 5.75. The van der Waals surface area contributed by atoms with Crippen molar-refractivity contribution in [2.24, 2.45) is 5.41 Å². The molecule has 0 heterocycles. The van der Waals surface area contributed by atoms with Gasteiger partial charge in [0.05, 0.1) is 20.3 Å². The van der Waals surface area contributed by atoms with E-state index in [-0.39, 0.29) is 11.6 Å². The Bertz CT molecular complexity index is 642. The standard InChI is InChI=1S/C17H22N2O5/c1-17(2,3)16(22)19-12-8-6-11(7-9-12)18-13(15(21)24-5)10-14(20)23-4/h6-10,18H,1-5H3,(H,19,22)/b13-10+. The van der Waals surface area contributed by atoms with Crippen molar-refractivity contribution in [3.05, 3.63) is 36.0 Å². The molecular weight excluding hydrogens is 312 g/mol. The van der Waals surface area contributed by atoms with Crippen LogP contribution in [0.15, 0.2) is 36.0 Å². The maximum absolute atomic E-state index is 11.9. The van der Waals surface area contributed by atoms with Crippen LogP contribution in [0.4, 0.5) is 11.4 Å². The predicted octanol–water partition coefficient (Wildman–Crippen LogP) is 2.31. The number of carbonyl (C=O) groups is 3. The fraction of sp³-hybridized carbons (Fsp3) is 0.353. The number of carbonyl (C=O) groups excluding carboxylic acids is 3. The van der Waals surface area contributed by atoms with Crippen LogP contribution in [0.5, 0.6) is 0 Å². The number of anilines is 2. The average Bonchev–Trinajstić information content (AvgIpc) is 2.54. The van der Waals surface area contributed by atoms with Gasteiger partial charge < -0.3 is 20.1 Å². The normalized spacial score (nSPS) is 11.5. The van der Waals surface area contributed by atoms with Crippen molar-refractivity contribution >= 4 is 29.2 Å². The van der Waals surface area contributed by atoms with Gasteiger partial charge in [-0.1, -0.05) is 20.8 Å². The summed E-state index contributed by atoms with van der Waals surface area (Å²) in [5.74, 6) is -1.49. The van der Waals surface area contributed by atoms with E-state index in [1.165, 1.54) is 14.2 Å². The lowest BCUT2D eigenvalue weighted by atomic mass is 9.95. The van der Waals surface area contributed by atoms with Crippen molar-refractivity contribution in [3.63, 3.8) is 0 Å². The Morgan fingerprint density at radius 1 is 0.917 bits per heavy atom. The first kappa shape index (κ1) is 19.2. The molecule has 0 aliphatic rings. The van der Waals surface area contributed by atoms with Gasteiger partial charge in [-0.3, -0.25) is 4.79 Å². The fourth-order valence-corrected chi connectivity index (χ4v) is 1.54. The van der Waals surface area contributed by atoms with Gasteiger partial charge >= 0.3 is 11.9 Å². The molecule has 0 saturated carbocycles. The molecule has 0 aliphatic carbocycles. The van der Waals surface area contributed by atoms with Gasteiger partial charge in [0.25, 0.3) is 0 Å². The smallest absolute Gasteiger partial charge is 0.354 e. The largest absolute Gasteiger partial charge is 0.466 e. The molecule has 24 heavy (non-hydrogen) atoms. The highest BCUT2D eigenvalue weighted by Crippen LogP contribution is 2.20. The van der Waals surface area contributed by atoms with Crippen LogP contribution in [-0.4, -0.2) is 32.1 Å². The minimum atomic E-state index is -0.703. The number of nitrogens with one attached hydrogen (secondary N) is 2. The molecule has 0 aromatic heterocycles. The molecule has 0 atom stereocenters. The van der Waals surface area contributed by atoms with Crippen LogP contribution in [0.3, 0.4) is 0 Å². The van der Waals surface area contributed by atoms with Gasteiger partial charge in [0, 0.05) is 16.8 Å². The lowest BCUT2D eigenvalue weighted by Crippen LogP contribution is -2.27. The first-order chi connectivity index (χ1) is 11.2. The molecule has 7 nitrogen and oxygen atoms in total. The molecule has 0 spiro atoms. The van der Waals surface area contributed by atoms with Crippen LogP contribution in [0, 0.1) is 5.41 Å². The lowest BCUT2D eigenvalue weighted by Gasteiger charge is -2.18. The first-order valence-corrected chi connectivity index (χ1v) is 7.24. The van der Waals surface area contributed by atoms with Crippen molar-refractivity contribution < 1.29 is 23.9 Å². The van der Waals surface area contributed by atoms with Crippen LogP contribution < -0.4 is 10.6 Å². The third-order valence-corrected chi connectivity index (χ3v) is 2.97. The molecule has 130 valence electrons. The summed E-state index contributed by atoms with van der Waals surface area (Å²) in [7, 11) is 2.42. The van der Waals surface area contributed by atoms with Gasteiger partial charge in [-0.15, -0.1) is 0 Å². The van der Waals surface area contributed by atoms with Crippen LogP contribution in [-0.2, 0) is 23.9 Å². The number of benzene rings is 1. The first-order valence-electron chi connectivity index (χ1n) is 7.24. The highest BCUT2D eigenvalue weighted by Gasteiger charge is 2.21. The maximum atomic E-state index is 11.9. The Kier molecular flexibility index (Phi) is 6.52. The minimum Gasteiger partial charge on any atom is -0.466 e. The Morgan fingerprint density at radius 2 is 1.42 bits per heavy atom. The zero-order valence-corrected chi connectivity index (χ0v) is 14.4. The van der Waals surface area contributed by atoms with Crippen LogP contribution in [0.2, 0.25) is 0 Å². The summed E-state index contributed by atoms with van der Waals surface area (Å²) in [6, 6.07) is 6.68. The van der Waals surface area contributed by atoms with Gasteiger partial charge in [0.15, 0.2) is 0 Å². The number of amides is 1. The number of esters is 2. The molecule has 0 fully saturated rings. The highest BCUT2D eigenvalue weighted by molar-refractivity contribution is 5.99. The van der Waals surface area contributed by atoms with E-state index < -0.39 is 17.4 Å². The fourth-order valence-electron chi connectivity index (χ4n) is 1.54. The average molecular weight is 334 g/mol. The SMILES string of the molecule is COC(=O)/C=C(/Nc1ccc(NC(=O)C(C)(C)C)cc1)C(=O)OC. The van der Waals surface area contributed by atoms with Crippen LogP contribution in [0.25, 0.3) is 0 Å². The summed E-state index contributed by atoms with van der Waals surface area (Å²) in [4.78, 5) is 34.9. The Hall–Kier alpha value is -2.83. The molecular formula is C17H22N2O5. The monoisotopic (exact) mass is 334 g/mol. The number of rotatable bonds is 5. The van der Waals surface area contributed by atoms with E-state index >= 15 is 0 Å². The lowest BCUT2D eigenvalue weighted by molar-refractivity contribution is -0.138. The number of hydrogen-bond donors (Lipinski definition) is 2. The molecule has 0 bridgehead atoms. The topological polar surface area (TPSA) is 93.7 Å². The summed E-state index contributed by atoms with van der Waals surface area (Å²) < 4.78 is 9.11. The van der Waals surface area contributed by atoms with Crippen LogP contribution in [0.1, 0.15) is 20.8 Å². The molecule has 0 saturated heterocycles. The number of methoxy groups -OCH3 is 2. The quantitative estimate of drug-likeness (QED) is 0.634. The van der Waals surface area contributed by atoms with Crippen molar-refractivity contribution in [2.75, 3.05) is 24.9 Å². The third-order valence-electron chi connectivity index (χ3n) is 2.97. The molecule has 7 heteroatoms. The molecule has 1 rings (SSSR count). The summed E-state index contributed by atoms with van der Waals surface area (Å²) in [5.41, 5.74) is 0.607. The Morgan fingerprint density at radius 3 is 1.83 bits per heavy atom. The molecule has 1 aromatic carbocycles. The maximum Gasteiger partial charge on any atom is 0.354 e. The molecule has 1 amide bonds. The summed E-state index contributed by atoms with van der Waals surface area (Å²) in [6.07, 6.45) is 1.00. The summed E-state index contributed by atoms with van der Waals surface area (Å²) in [6.45, 7) is 5.45. The van der Waals surface area contributed by atoms with Crippen molar-refractivity contribution in [1.82, 2.24) is 0 Å². The summed E-state index contributed by atoms with van der Waals surface area (Å²) >= 11 is 0. The number of hydrogen-bond acceptors (Lipinski definition) is 6. The van der Waals surface area contributed by atoms with Crippen LogP contribution >= 0.6 is 0 Å². The van der Waals surface area contributed by atoms with Gasteiger partial charge in [-0.2, -0.15) is 0 Å². The van der Waals surface area contributed by atoms with Gasteiger partial charge in [0.2, 0.25) is 5.91 Å². The van der Waals surface area contributed by atoms with E-state index in [9.17, 15) is 14.4 Å². The summed E-state index contributed by atoms with van der Waals surface area (Å²) in [5, 5.41) is 5.57. The second-order valence-electron chi connectivity index (χ2n) is 5.98. The van der Waals surface area contributed by atoms with Crippen molar-refractivity contribution in [1.29, 1.82) is 0 Å². The highest BCUT2D eigenvalue weighted by atomic mass is 16.5. The van der Waals surface area contributed by atoms with Crippen molar-refractivity contribution in [2.45, 2.75) is 20.8 Å². The van der Waals surface area contributed by atoms with Gasteiger partial charge in [0.1, 0.15) is 5.70 Å². The molecule has 1 aromatic rings. The molecule has 0 unspecified atom stereocenters. The zero-order valence-electron chi connectivity index (χ0n) is 14.4. The number of ether oxygens (including phenoxy) is 2. The van der Waals surface area contributed by atoms with E-state index in [0.717, 1.165) is 6.08 Å².